The molecule has 0 aliphatic rings. The summed E-state index contributed by atoms with van der Waals surface area (Å²) >= 11 is 6.26. The first-order valence-electron chi connectivity index (χ1n) is 7.12. The first kappa shape index (κ1) is 17.6. The standard InChI is InChI=1S/C18H16ClNO4/c1-3-12-8-14(19)18(15(9-12)20-11(2)21)24-16-7-5-4-6-13(16)10-17(22)23/h3-9H,1,10H2,2H3,(H,20,21)(H,22,23). The molecule has 2 aromatic rings. The SMILES string of the molecule is C=Cc1cc(Cl)c(Oc2ccccc2CC(=O)O)c(NC(C)=O)c1. The topological polar surface area (TPSA) is 75.6 Å². The Balaban J connectivity index is 2.47. The minimum atomic E-state index is -0.971. The van der Waals surface area contributed by atoms with Crippen molar-refractivity contribution in [3.63, 3.8) is 0 Å². The van der Waals surface area contributed by atoms with E-state index in [2.05, 4.69) is 11.9 Å². The summed E-state index contributed by atoms with van der Waals surface area (Å²) in [5.41, 5.74) is 1.60. The summed E-state index contributed by atoms with van der Waals surface area (Å²) in [6.07, 6.45) is 1.41. The minimum Gasteiger partial charge on any atom is -0.481 e. The molecule has 24 heavy (non-hydrogen) atoms. The molecule has 0 saturated carbocycles. The summed E-state index contributed by atoms with van der Waals surface area (Å²) in [5.74, 6) is -0.646. The van der Waals surface area contributed by atoms with Gasteiger partial charge in [-0.1, -0.05) is 42.5 Å². The quantitative estimate of drug-likeness (QED) is 0.815. The van der Waals surface area contributed by atoms with E-state index in [0.717, 1.165) is 5.56 Å². The fraction of sp³-hybridized carbons (Fsp3) is 0.111. The molecule has 0 spiro atoms. The van der Waals surface area contributed by atoms with E-state index in [4.69, 9.17) is 21.4 Å². The number of carboxylic acid groups (broad SMARTS) is 1. The maximum absolute atomic E-state index is 11.4. The summed E-state index contributed by atoms with van der Waals surface area (Å²) < 4.78 is 5.83. The van der Waals surface area contributed by atoms with Gasteiger partial charge in [0, 0.05) is 12.5 Å². The van der Waals surface area contributed by atoms with Crippen LogP contribution in [0.1, 0.15) is 18.1 Å². The molecule has 6 heteroatoms. The molecular formula is C18H16ClNO4. The molecule has 0 heterocycles. The first-order valence-corrected chi connectivity index (χ1v) is 7.49. The number of carbonyl (C=O) groups is 2. The highest BCUT2D eigenvalue weighted by atomic mass is 35.5. The maximum atomic E-state index is 11.4. The average molecular weight is 346 g/mol. The predicted molar refractivity (Wildman–Crippen MR) is 93.7 cm³/mol. The van der Waals surface area contributed by atoms with Crippen LogP contribution in [-0.4, -0.2) is 17.0 Å². The molecule has 0 aliphatic heterocycles. The van der Waals surface area contributed by atoms with E-state index in [9.17, 15) is 9.59 Å². The van der Waals surface area contributed by atoms with E-state index in [1.54, 1.807) is 42.5 Å². The lowest BCUT2D eigenvalue weighted by Crippen LogP contribution is -2.08. The number of rotatable bonds is 6. The lowest BCUT2D eigenvalue weighted by Gasteiger charge is -2.16. The number of nitrogens with one attached hydrogen (secondary N) is 1. The fourth-order valence-corrected chi connectivity index (χ4v) is 2.41. The number of carbonyl (C=O) groups excluding carboxylic acids is 1. The molecule has 124 valence electrons. The van der Waals surface area contributed by atoms with E-state index in [1.807, 2.05) is 0 Å². The lowest BCUT2D eigenvalue weighted by atomic mass is 10.1. The third kappa shape index (κ3) is 4.36. The number of anilines is 1. The van der Waals surface area contributed by atoms with Crippen LogP contribution in [0.4, 0.5) is 5.69 Å². The van der Waals surface area contributed by atoms with Gasteiger partial charge in [-0.15, -0.1) is 0 Å². The Hall–Kier alpha value is -2.79. The molecule has 0 unspecified atom stereocenters. The van der Waals surface area contributed by atoms with Gasteiger partial charge in [-0.25, -0.2) is 0 Å². The number of carboxylic acids is 1. The van der Waals surface area contributed by atoms with Crippen LogP contribution in [0, 0.1) is 0 Å². The van der Waals surface area contributed by atoms with Crippen molar-refractivity contribution in [1.82, 2.24) is 0 Å². The van der Waals surface area contributed by atoms with E-state index in [0.29, 0.717) is 17.0 Å². The summed E-state index contributed by atoms with van der Waals surface area (Å²) in [5, 5.41) is 11.9. The van der Waals surface area contributed by atoms with Crippen LogP contribution in [0.3, 0.4) is 0 Å². The van der Waals surface area contributed by atoms with E-state index in [1.165, 1.54) is 6.92 Å². The van der Waals surface area contributed by atoms with Gasteiger partial charge in [-0.2, -0.15) is 0 Å². The zero-order valence-corrected chi connectivity index (χ0v) is 13.8. The highest BCUT2D eigenvalue weighted by Crippen LogP contribution is 2.39. The van der Waals surface area contributed by atoms with Gasteiger partial charge in [-0.3, -0.25) is 9.59 Å². The molecule has 0 radical (unpaired) electrons. The lowest BCUT2D eigenvalue weighted by molar-refractivity contribution is -0.136. The predicted octanol–water partition coefficient (Wildman–Crippen LogP) is 4.36. The van der Waals surface area contributed by atoms with Crippen LogP contribution in [-0.2, 0) is 16.0 Å². The average Bonchev–Trinajstić information content (AvgIpc) is 2.50. The Morgan fingerprint density at radius 2 is 2.04 bits per heavy atom. The van der Waals surface area contributed by atoms with Gasteiger partial charge in [0.05, 0.1) is 17.1 Å². The van der Waals surface area contributed by atoms with Crippen molar-refractivity contribution in [3.05, 3.63) is 59.1 Å². The molecule has 0 fully saturated rings. The zero-order valence-electron chi connectivity index (χ0n) is 13.0. The number of hydrogen-bond donors (Lipinski definition) is 2. The molecule has 2 N–H and O–H groups in total. The summed E-state index contributed by atoms with van der Waals surface area (Å²) in [4.78, 5) is 22.4. The summed E-state index contributed by atoms with van der Waals surface area (Å²) in [7, 11) is 0. The van der Waals surface area contributed by atoms with Gasteiger partial charge in [0.1, 0.15) is 5.75 Å². The van der Waals surface area contributed by atoms with Crippen LogP contribution in [0.25, 0.3) is 6.08 Å². The number of para-hydroxylation sites is 1. The van der Waals surface area contributed by atoms with Crippen molar-refractivity contribution in [2.75, 3.05) is 5.32 Å². The van der Waals surface area contributed by atoms with Crippen molar-refractivity contribution < 1.29 is 19.4 Å². The van der Waals surface area contributed by atoms with E-state index >= 15 is 0 Å². The van der Waals surface area contributed by atoms with Gasteiger partial charge >= 0.3 is 5.97 Å². The molecule has 0 aromatic heterocycles. The van der Waals surface area contributed by atoms with Crippen molar-refractivity contribution in [2.24, 2.45) is 0 Å². The Morgan fingerprint density at radius 3 is 2.67 bits per heavy atom. The van der Waals surface area contributed by atoms with Crippen LogP contribution < -0.4 is 10.1 Å². The Labute approximate surface area is 144 Å². The van der Waals surface area contributed by atoms with Crippen molar-refractivity contribution in [2.45, 2.75) is 13.3 Å². The van der Waals surface area contributed by atoms with Crippen LogP contribution in [0.15, 0.2) is 43.0 Å². The number of amides is 1. The zero-order chi connectivity index (χ0) is 17.7. The molecule has 0 bridgehead atoms. The summed E-state index contributed by atoms with van der Waals surface area (Å²) in [6, 6.07) is 10.1. The van der Waals surface area contributed by atoms with Crippen molar-refractivity contribution in [1.29, 1.82) is 0 Å². The van der Waals surface area contributed by atoms with Crippen LogP contribution in [0.2, 0.25) is 5.02 Å². The third-order valence-corrected chi connectivity index (χ3v) is 3.42. The Kier molecular flexibility index (Phi) is 5.60. The Morgan fingerprint density at radius 1 is 1.33 bits per heavy atom. The Bertz CT molecular complexity index is 802. The molecule has 0 aliphatic carbocycles. The summed E-state index contributed by atoms with van der Waals surface area (Å²) in [6.45, 7) is 5.05. The smallest absolute Gasteiger partial charge is 0.307 e. The van der Waals surface area contributed by atoms with Gasteiger partial charge in [0.2, 0.25) is 5.91 Å². The maximum Gasteiger partial charge on any atom is 0.307 e. The highest BCUT2D eigenvalue weighted by Gasteiger charge is 2.15. The normalized spacial score (nSPS) is 10.1. The second-order valence-corrected chi connectivity index (χ2v) is 5.45. The second kappa shape index (κ2) is 7.66. The molecule has 1 amide bonds. The number of hydrogen-bond acceptors (Lipinski definition) is 3. The third-order valence-electron chi connectivity index (χ3n) is 3.14. The number of halogens is 1. The second-order valence-electron chi connectivity index (χ2n) is 5.05. The molecule has 2 aromatic carbocycles. The largest absolute Gasteiger partial charge is 0.481 e. The molecule has 5 nitrogen and oxygen atoms in total. The van der Waals surface area contributed by atoms with E-state index < -0.39 is 5.97 Å². The van der Waals surface area contributed by atoms with Crippen molar-refractivity contribution >= 4 is 35.2 Å². The fourth-order valence-electron chi connectivity index (χ4n) is 2.14. The number of aliphatic carboxylic acids is 1. The van der Waals surface area contributed by atoms with Gasteiger partial charge in [0.15, 0.2) is 5.75 Å². The number of benzene rings is 2. The minimum absolute atomic E-state index is 0.187. The van der Waals surface area contributed by atoms with Crippen molar-refractivity contribution in [3.8, 4) is 11.5 Å². The monoisotopic (exact) mass is 345 g/mol. The molecular weight excluding hydrogens is 330 g/mol. The molecule has 0 saturated heterocycles. The molecule has 2 rings (SSSR count). The molecule has 0 atom stereocenters. The highest BCUT2D eigenvalue weighted by molar-refractivity contribution is 6.32. The first-order chi connectivity index (χ1) is 11.4. The van der Waals surface area contributed by atoms with Crippen LogP contribution >= 0.6 is 11.6 Å². The van der Waals surface area contributed by atoms with Gasteiger partial charge in [-0.05, 0) is 23.8 Å². The van der Waals surface area contributed by atoms with E-state index in [-0.39, 0.29) is 23.1 Å². The van der Waals surface area contributed by atoms with Gasteiger partial charge < -0.3 is 15.2 Å². The number of ether oxygens (including phenoxy) is 1. The van der Waals surface area contributed by atoms with Gasteiger partial charge in [0.25, 0.3) is 0 Å². The van der Waals surface area contributed by atoms with Crippen LogP contribution in [0.5, 0.6) is 11.5 Å².